The minimum absolute atomic E-state index is 0.111. The zero-order valence-corrected chi connectivity index (χ0v) is 15.5. The molecule has 3 rings (SSSR count). The molecule has 1 aromatic carbocycles. The third kappa shape index (κ3) is 3.77. The molecule has 0 aliphatic carbocycles. The van der Waals surface area contributed by atoms with E-state index in [1.54, 1.807) is 28.9 Å². The lowest BCUT2D eigenvalue weighted by atomic mass is 10.2. The molecule has 1 saturated heterocycles. The van der Waals surface area contributed by atoms with E-state index >= 15 is 0 Å². The maximum absolute atomic E-state index is 12.0. The fourth-order valence-corrected chi connectivity index (χ4v) is 4.73. The zero-order chi connectivity index (χ0) is 18.9. The second-order valence-electron chi connectivity index (χ2n) is 6.41. The number of carbonyl (C=O) groups excluding carboxylic acids is 1. The van der Waals surface area contributed by atoms with Crippen LogP contribution in [0.15, 0.2) is 29.4 Å². The Labute approximate surface area is 152 Å². The van der Waals surface area contributed by atoms with Gasteiger partial charge in [0.25, 0.3) is 5.91 Å². The van der Waals surface area contributed by atoms with Gasteiger partial charge in [0.2, 0.25) is 0 Å². The van der Waals surface area contributed by atoms with Crippen molar-refractivity contribution < 1.29 is 13.2 Å². The smallest absolute Gasteiger partial charge is 0.271 e. The highest BCUT2D eigenvalue weighted by Gasteiger charge is 2.31. The molecule has 0 radical (unpaired) electrons. The summed E-state index contributed by atoms with van der Waals surface area (Å²) in [7, 11) is -2.99. The van der Waals surface area contributed by atoms with Gasteiger partial charge in [-0.1, -0.05) is 0 Å². The fraction of sp³-hybridized carbons (Fsp3) is 0.353. The van der Waals surface area contributed by atoms with Crippen molar-refractivity contribution in [2.45, 2.75) is 26.3 Å². The van der Waals surface area contributed by atoms with E-state index in [0.29, 0.717) is 17.7 Å². The predicted octanol–water partition coefficient (Wildman–Crippen LogP) is 1.21. The Balaban J connectivity index is 1.73. The maximum atomic E-state index is 12.0. The van der Waals surface area contributed by atoms with Crippen molar-refractivity contribution in [3.05, 3.63) is 46.8 Å². The molecule has 2 heterocycles. The van der Waals surface area contributed by atoms with Crippen molar-refractivity contribution in [1.82, 2.24) is 15.2 Å². The first kappa shape index (κ1) is 18.1. The Morgan fingerprint density at radius 1 is 1.35 bits per heavy atom. The number of hydrogen-bond donors (Lipinski definition) is 2. The Hall–Kier alpha value is -2.68. The van der Waals surface area contributed by atoms with Crippen molar-refractivity contribution in [2.75, 3.05) is 17.2 Å². The molecule has 138 valence electrons. The number of anilines is 1. The second-order valence-corrected chi connectivity index (χ2v) is 8.64. The number of carbonyl (C=O) groups is 1. The van der Waals surface area contributed by atoms with Gasteiger partial charge in [-0.25, -0.2) is 13.8 Å². The van der Waals surface area contributed by atoms with Gasteiger partial charge in [0.05, 0.1) is 29.5 Å². The largest absolute Gasteiger partial charge is 0.399 e. The summed E-state index contributed by atoms with van der Waals surface area (Å²) < 4.78 is 25.1. The van der Waals surface area contributed by atoms with Gasteiger partial charge in [0.1, 0.15) is 0 Å². The van der Waals surface area contributed by atoms with E-state index in [2.05, 4.69) is 15.6 Å². The summed E-state index contributed by atoms with van der Waals surface area (Å²) in [5.74, 6) is -0.0397. The Morgan fingerprint density at radius 2 is 2.04 bits per heavy atom. The van der Waals surface area contributed by atoms with Crippen LogP contribution in [0.25, 0.3) is 0 Å². The summed E-state index contributed by atoms with van der Waals surface area (Å²) in [6, 6.07) is 6.38. The summed E-state index contributed by atoms with van der Waals surface area (Å²) in [5, 5.41) is 8.46. The number of nitrogens with two attached hydrogens (primary N) is 1. The van der Waals surface area contributed by atoms with Crippen LogP contribution in [0.3, 0.4) is 0 Å². The molecule has 0 saturated carbocycles. The van der Waals surface area contributed by atoms with Crippen LogP contribution in [0.4, 0.5) is 5.69 Å². The molecular weight excluding hydrogens is 354 g/mol. The lowest BCUT2D eigenvalue weighted by molar-refractivity contribution is 0.0955. The number of nitrogens with one attached hydrogen (secondary N) is 1. The Kier molecular flexibility index (Phi) is 4.82. The maximum Gasteiger partial charge on any atom is 0.271 e. The lowest BCUT2D eigenvalue weighted by Crippen LogP contribution is -2.17. The van der Waals surface area contributed by atoms with Gasteiger partial charge in [-0.05, 0) is 44.5 Å². The molecule has 0 bridgehead atoms. The second kappa shape index (κ2) is 6.91. The molecule has 1 amide bonds. The molecule has 9 heteroatoms. The molecule has 1 aliphatic heterocycles. The average molecular weight is 375 g/mol. The third-order valence-corrected chi connectivity index (χ3v) is 6.22. The van der Waals surface area contributed by atoms with Gasteiger partial charge in [-0.2, -0.15) is 10.2 Å². The normalized spacial score (nSPS) is 19.1. The number of nitrogen functional groups attached to an aromatic ring is 1. The standard InChI is InChI=1S/C17H21N5O3S/c1-11-16(9-19-20-17(23)13-3-5-14(18)6-4-13)12(2)22(21-11)15-7-8-26(24,25)10-15/h3-6,9,15H,7-8,10,18H2,1-2H3,(H,20,23)/b19-9-/t15-/m1/s1. The van der Waals surface area contributed by atoms with E-state index in [1.165, 1.54) is 6.21 Å². The first-order valence-corrected chi connectivity index (χ1v) is 10.0. The predicted molar refractivity (Wildman–Crippen MR) is 99.9 cm³/mol. The summed E-state index contributed by atoms with van der Waals surface area (Å²) >= 11 is 0. The summed E-state index contributed by atoms with van der Waals surface area (Å²) in [5.41, 5.74) is 11.4. The van der Waals surface area contributed by atoms with Gasteiger partial charge in [-0.3, -0.25) is 9.48 Å². The number of rotatable bonds is 4. The summed E-state index contributed by atoms with van der Waals surface area (Å²) in [6.07, 6.45) is 2.10. The fourth-order valence-electron chi connectivity index (χ4n) is 3.04. The molecule has 0 spiro atoms. The number of benzene rings is 1. The number of hydrogen-bond acceptors (Lipinski definition) is 6. The molecular formula is C17H21N5O3S. The van der Waals surface area contributed by atoms with E-state index in [4.69, 9.17) is 5.73 Å². The number of aromatic nitrogens is 2. The van der Waals surface area contributed by atoms with Gasteiger partial charge >= 0.3 is 0 Å². The van der Waals surface area contributed by atoms with Crippen LogP contribution in [0.5, 0.6) is 0 Å². The quantitative estimate of drug-likeness (QED) is 0.473. The molecule has 26 heavy (non-hydrogen) atoms. The summed E-state index contributed by atoms with van der Waals surface area (Å²) in [4.78, 5) is 12.0. The van der Waals surface area contributed by atoms with E-state index < -0.39 is 9.84 Å². The average Bonchev–Trinajstić information content (AvgIpc) is 3.08. The lowest BCUT2D eigenvalue weighted by Gasteiger charge is -2.10. The minimum Gasteiger partial charge on any atom is -0.399 e. The third-order valence-electron chi connectivity index (χ3n) is 4.47. The first-order valence-electron chi connectivity index (χ1n) is 8.22. The van der Waals surface area contributed by atoms with E-state index in [9.17, 15) is 13.2 Å². The van der Waals surface area contributed by atoms with Crippen molar-refractivity contribution in [2.24, 2.45) is 5.10 Å². The van der Waals surface area contributed by atoms with Crippen LogP contribution in [-0.4, -0.2) is 41.8 Å². The number of hydrazone groups is 1. The monoisotopic (exact) mass is 375 g/mol. The highest BCUT2D eigenvalue weighted by molar-refractivity contribution is 7.91. The van der Waals surface area contributed by atoms with E-state index in [1.807, 2.05) is 13.8 Å². The number of nitrogens with zero attached hydrogens (tertiary/aromatic N) is 3. The van der Waals surface area contributed by atoms with E-state index in [-0.39, 0.29) is 23.5 Å². The molecule has 1 atom stereocenters. The summed E-state index contributed by atoms with van der Waals surface area (Å²) in [6.45, 7) is 3.70. The Morgan fingerprint density at radius 3 is 2.65 bits per heavy atom. The zero-order valence-electron chi connectivity index (χ0n) is 14.6. The van der Waals surface area contributed by atoms with E-state index in [0.717, 1.165) is 17.0 Å². The van der Waals surface area contributed by atoms with Crippen LogP contribution in [0.2, 0.25) is 0 Å². The van der Waals surface area contributed by atoms with Crippen LogP contribution < -0.4 is 11.2 Å². The highest BCUT2D eigenvalue weighted by Crippen LogP contribution is 2.26. The van der Waals surface area contributed by atoms with Crippen molar-refractivity contribution in [1.29, 1.82) is 0 Å². The molecule has 2 aromatic rings. The van der Waals surface area contributed by atoms with Crippen LogP contribution in [0.1, 0.15) is 39.8 Å². The first-order chi connectivity index (χ1) is 12.3. The SMILES string of the molecule is Cc1nn([C@@H]2CCS(=O)(=O)C2)c(C)c1/C=N\NC(=O)c1ccc(N)cc1. The van der Waals surface area contributed by atoms with Gasteiger partial charge < -0.3 is 5.73 Å². The van der Waals surface area contributed by atoms with Crippen LogP contribution >= 0.6 is 0 Å². The Bertz CT molecular complexity index is 961. The van der Waals surface area contributed by atoms with Crippen molar-refractivity contribution >= 4 is 27.6 Å². The van der Waals surface area contributed by atoms with Gasteiger partial charge in [-0.15, -0.1) is 0 Å². The number of sulfone groups is 1. The molecule has 1 aliphatic rings. The molecule has 1 aromatic heterocycles. The molecule has 3 N–H and O–H groups in total. The minimum atomic E-state index is -2.99. The number of amides is 1. The topological polar surface area (TPSA) is 119 Å². The van der Waals surface area contributed by atoms with Crippen molar-refractivity contribution in [3.63, 3.8) is 0 Å². The van der Waals surface area contributed by atoms with Gasteiger partial charge in [0, 0.05) is 22.5 Å². The van der Waals surface area contributed by atoms with Crippen LogP contribution in [0, 0.1) is 13.8 Å². The molecule has 0 unspecified atom stereocenters. The van der Waals surface area contributed by atoms with Crippen molar-refractivity contribution in [3.8, 4) is 0 Å². The van der Waals surface area contributed by atoms with Crippen LogP contribution in [-0.2, 0) is 9.84 Å². The highest BCUT2D eigenvalue weighted by atomic mass is 32.2. The van der Waals surface area contributed by atoms with Gasteiger partial charge in [0.15, 0.2) is 9.84 Å². The number of aryl methyl sites for hydroxylation is 1. The molecule has 1 fully saturated rings. The molecule has 8 nitrogen and oxygen atoms in total.